The lowest BCUT2D eigenvalue weighted by molar-refractivity contribution is 0.235. The summed E-state index contributed by atoms with van der Waals surface area (Å²) in [5.41, 5.74) is 3.86. The number of hydrogen-bond acceptors (Lipinski definition) is 8. The van der Waals surface area contributed by atoms with Crippen LogP contribution >= 0.6 is 11.8 Å². The van der Waals surface area contributed by atoms with Crippen molar-refractivity contribution in [3.63, 3.8) is 0 Å². The van der Waals surface area contributed by atoms with Gasteiger partial charge in [-0.1, -0.05) is 24.2 Å². The van der Waals surface area contributed by atoms with Gasteiger partial charge in [0.05, 0.1) is 0 Å². The minimum atomic E-state index is 0.122. The van der Waals surface area contributed by atoms with E-state index >= 15 is 0 Å². The Bertz CT molecular complexity index is 1160. The summed E-state index contributed by atoms with van der Waals surface area (Å²) < 4.78 is 11.1. The molecule has 0 aliphatic carbocycles. The quantitative estimate of drug-likeness (QED) is 0.368. The van der Waals surface area contributed by atoms with E-state index in [0.717, 1.165) is 23.4 Å². The Morgan fingerprint density at radius 2 is 1.87 bits per heavy atom. The first-order valence-corrected chi connectivity index (χ1v) is 11.2. The van der Waals surface area contributed by atoms with E-state index in [4.69, 9.17) is 9.26 Å². The van der Waals surface area contributed by atoms with Gasteiger partial charge in [-0.25, -0.2) is 4.98 Å². The molecule has 0 atom stereocenters. The van der Waals surface area contributed by atoms with Gasteiger partial charge in [-0.2, -0.15) is 9.97 Å². The zero-order valence-electron chi connectivity index (χ0n) is 17.6. The molecular weight excluding hydrogens is 410 g/mol. The summed E-state index contributed by atoms with van der Waals surface area (Å²) in [7, 11) is 0. The molecule has 2 aromatic carbocycles. The lowest BCUT2D eigenvalue weighted by atomic mass is 10.1. The van der Waals surface area contributed by atoms with Gasteiger partial charge in [0.15, 0.2) is 6.61 Å². The van der Waals surface area contributed by atoms with Crippen LogP contribution in [0.3, 0.4) is 0 Å². The molecule has 0 saturated heterocycles. The van der Waals surface area contributed by atoms with E-state index < -0.39 is 0 Å². The molecule has 2 aromatic heterocycles. The number of anilines is 2. The van der Waals surface area contributed by atoms with Crippen LogP contribution in [0.25, 0.3) is 11.4 Å². The highest BCUT2D eigenvalue weighted by atomic mass is 32.2. The third kappa shape index (κ3) is 5.40. The van der Waals surface area contributed by atoms with Crippen molar-refractivity contribution in [2.45, 2.75) is 31.8 Å². The summed E-state index contributed by atoms with van der Waals surface area (Å²) in [4.78, 5) is 14.5. The van der Waals surface area contributed by atoms with Crippen LogP contribution in [0.4, 0.5) is 11.6 Å². The van der Waals surface area contributed by atoms with Gasteiger partial charge >= 0.3 is 0 Å². The first kappa shape index (κ1) is 20.9. The van der Waals surface area contributed by atoms with Crippen molar-refractivity contribution < 1.29 is 9.26 Å². The lowest BCUT2D eigenvalue weighted by Crippen LogP contribution is -2.03. The zero-order chi connectivity index (χ0) is 21.6. The second-order valence-corrected chi connectivity index (χ2v) is 7.76. The van der Waals surface area contributed by atoms with Crippen molar-refractivity contribution in [1.82, 2.24) is 20.1 Å². The normalized spacial score (nSPS) is 10.8. The third-order valence-corrected chi connectivity index (χ3v) is 5.33. The van der Waals surface area contributed by atoms with E-state index in [1.54, 1.807) is 17.8 Å². The van der Waals surface area contributed by atoms with Gasteiger partial charge in [0.1, 0.15) is 0 Å². The molecule has 0 saturated carbocycles. The second kappa shape index (κ2) is 9.61. The molecule has 0 radical (unpaired) electrons. The van der Waals surface area contributed by atoms with Gasteiger partial charge in [-0.05, 0) is 61.6 Å². The molecule has 4 rings (SSSR count). The summed E-state index contributed by atoms with van der Waals surface area (Å²) in [5, 5.41) is 7.28. The predicted octanol–water partition coefficient (Wildman–Crippen LogP) is 5.44. The van der Waals surface area contributed by atoms with Gasteiger partial charge in [0, 0.05) is 27.9 Å². The zero-order valence-corrected chi connectivity index (χ0v) is 18.4. The number of aromatic nitrogens is 4. The number of hydrogen-bond donors (Lipinski definition) is 1. The van der Waals surface area contributed by atoms with Crippen molar-refractivity contribution in [3.8, 4) is 17.3 Å². The Kier molecular flexibility index (Phi) is 6.47. The summed E-state index contributed by atoms with van der Waals surface area (Å²) in [5.74, 6) is 1.82. The number of nitrogens with zero attached hydrogens (tertiary/aromatic N) is 4. The molecule has 0 amide bonds. The summed E-state index contributed by atoms with van der Waals surface area (Å²) in [6.45, 7) is 4.14. The lowest BCUT2D eigenvalue weighted by Gasteiger charge is -2.09. The number of nitrogens with one attached hydrogen (secondary N) is 1. The Balaban J connectivity index is 1.43. The fourth-order valence-corrected chi connectivity index (χ4v) is 3.38. The average Bonchev–Trinajstić information content (AvgIpc) is 3.27. The van der Waals surface area contributed by atoms with E-state index in [2.05, 4.69) is 44.5 Å². The van der Waals surface area contributed by atoms with Crippen molar-refractivity contribution in [2.24, 2.45) is 0 Å². The first-order valence-electron chi connectivity index (χ1n) is 9.94. The van der Waals surface area contributed by atoms with Gasteiger partial charge in [-0.3, -0.25) is 0 Å². The molecule has 0 aliphatic rings. The maximum atomic E-state index is 5.79. The van der Waals surface area contributed by atoms with Crippen LogP contribution in [0.2, 0.25) is 0 Å². The first-order chi connectivity index (χ1) is 15.1. The molecule has 1 N–H and O–H groups in total. The van der Waals surface area contributed by atoms with Crippen LogP contribution in [-0.2, 0) is 13.0 Å². The molecule has 4 aromatic rings. The second-order valence-electron chi connectivity index (χ2n) is 6.88. The standard InChI is InChI=1S/C23H23N5O2S/c1-4-16-6-5-7-18(13-16)25-23-24-15(2)12-20(27-23)29-14-21-26-22(28-30-21)17-8-10-19(31-3)11-9-17/h5-13H,4,14H2,1-3H3,(H,24,25,27). The fourth-order valence-electron chi connectivity index (χ4n) is 2.97. The largest absolute Gasteiger partial charge is 0.467 e. The maximum absolute atomic E-state index is 5.79. The third-order valence-electron chi connectivity index (χ3n) is 4.58. The van der Waals surface area contributed by atoms with E-state index in [1.807, 2.05) is 49.6 Å². The Morgan fingerprint density at radius 3 is 2.65 bits per heavy atom. The topological polar surface area (TPSA) is 86.0 Å². The number of aryl methyl sites for hydroxylation is 2. The van der Waals surface area contributed by atoms with Gasteiger partial charge in [0.25, 0.3) is 5.89 Å². The molecule has 0 unspecified atom stereocenters. The number of benzene rings is 2. The van der Waals surface area contributed by atoms with Crippen LogP contribution < -0.4 is 10.1 Å². The average molecular weight is 434 g/mol. The Morgan fingerprint density at radius 1 is 1.03 bits per heavy atom. The van der Waals surface area contributed by atoms with Gasteiger partial charge in [0.2, 0.25) is 17.7 Å². The molecule has 0 aliphatic heterocycles. The van der Waals surface area contributed by atoms with Crippen LogP contribution in [-0.4, -0.2) is 26.4 Å². The SMILES string of the molecule is CCc1cccc(Nc2nc(C)cc(OCc3nc(-c4ccc(SC)cc4)no3)n2)c1. The highest BCUT2D eigenvalue weighted by molar-refractivity contribution is 7.98. The Hall–Kier alpha value is -3.39. The molecule has 158 valence electrons. The number of ether oxygens (including phenoxy) is 1. The van der Waals surface area contributed by atoms with Gasteiger partial charge < -0.3 is 14.6 Å². The van der Waals surface area contributed by atoms with E-state index in [1.165, 1.54) is 10.5 Å². The molecular formula is C23H23N5O2S. The summed E-state index contributed by atoms with van der Waals surface area (Å²) in [6.07, 6.45) is 3.00. The molecule has 31 heavy (non-hydrogen) atoms. The van der Waals surface area contributed by atoms with Crippen molar-refractivity contribution in [2.75, 3.05) is 11.6 Å². The monoisotopic (exact) mass is 433 g/mol. The molecule has 7 nitrogen and oxygen atoms in total. The number of rotatable bonds is 8. The minimum Gasteiger partial charge on any atom is -0.467 e. The molecule has 0 spiro atoms. The van der Waals surface area contributed by atoms with Crippen molar-refractivity contribution >= 4 is 23.4 Å². The fraction of sp³-hybridized carbons (Fsp3) is 0.217. The van der Waals surface area contributed by atoms with Crippen LogP contribution in [0.5, 0.6) is 5.88 Å². The van der Waals surface area contributed by atoms with E-state index in [-0.39, 0.29) is 6.61 Å². The van der Waals surface area contributed by atoms with Gasteiger partial charge in [-0.15, -0.1) is 11.8 Å². The van der Waals surface area contributed by atoms with E-state index in [0.29, 0.717) is 23.5 Å². The molecule has 0 bridgehead atoms. The predicted molar refractivity (Wildman–Crippen MR) is 122 cm³/mol. The minimum absolute atomic E-state index is 0.122. The van der Waals surface area contributed by atoms with E-state index in [9.17, 15) is 0 Å². The van der Waals surface area contributed by atoms with Crippen molar-refractivity contribution in [3.05, 3.63) is 71.7 Å². The Labute approximate surface area is 185 Å². The highest BCUT2D eigenvalue weighted by Crippen LogP contribution is 2.22. The molecule has 2 heterocycles. The summed E-state index contributed by atoms with van der Waals surface area (Å²) in [6, 6.07) is 17.9. The summed E-state index contributed by atoms with van der Waals surface area (Å²) >= 11 is 1.69. The maximum Gasteiger partial charge on any atom is 0.264 e. The van der Waals surface area contributed by atoms with Crippen LogP contribution in [0.1, 0.15) is 24.1 Å². The molecule has 0 fully saturated rings. The van der Waals surface area contributed by atoms with Crippen LogP contribution in [0.15, 0.2) is 64.0 Å². The smallest absolute Gasteiger partial charge is 0.264 e. The number of thioether (sulfide) groups is 1. The molecule has 8 heteroatoms. The van der Waals surface area contributed by atoms with Crippen LogP contribution in [0, 0.1) is 6.92 Å². The van der Waals surface area contributed by atoms with Crippen molar-refractivity contribution in [1.29, 1.82) is 0 Å². The highest BCUT2D eigenvalue weighted by Gasteiger charge is 2.11.